The molecule has 6 heteroatoms. The summed E-state index contributed by atoms with van der Waals surface area (Å²) in [5.41, 5.74) is 3.90. The molecule has 0 aliphatic carbocycles. The molecule has 0 atom stereocenters. The second-order valence-electron chi connectivity index (χ2n) is 7.02. The van der Waals surface area contributed by atoms with Crippen molar-refractivity contribution >= 4 is 28.5 Å². The first kappa shape index (κ1) is 19.4. The van der Waals surface area contributed by atoms with Gasteiger partial charge < -0.3 is 15.1 Å². The molecule has 2 N–H and O–H groups in total. The van der Waals surface area contributed by atoms with E-state index in [-0.39, 0.29) is 24.0 Å². The number of furan rings is 1. The van der Waals surface area contributed by atoms with Crippen LogP contribution in [0.3, 0.4) is 0 Å². The Hall–Kier alpha value is -3.93. The van der Waals surface area contributed by atoms with Gasteiger partial charge in [-0.15, -0.1) is 0 Å². The van der Waals surface area contributed by atoms with Gasteiger partial charge in [-0.2, -0.15) is 0 Å². The van der Waals surface area contributed by atoms with Crippen LogP contribution in [-0.4, -0.2) is 16.8 Å². The second kappa shape index (κ2) is 8.61. The number of benzene rings is 2. The maximum Gasteiger partial charge on any atom is 0.291 e. The smallest absolute Gasteiger partial charge is 0.291 e. The number of amides is 2. The zero-order chi connectivity index (χ0) is 20.9. The Morgan fingerprint density at radius 3 is 2.53 bits per heavy atom. The zero-order valence-corrected chi connectivity index (χ0v) is 16.5. The van der Waals surface area contributed by atoms with E-state index in [2.05, 4.69) is 15.6 Å². The monoisotopic (exact) mass is 399 g/mol. The van der Waals surface area contributed by atoms with E-state index in [0.29, 0.717) is 17.8 Å². The number of rotatable bonds is 6. The maximum absolute atomic E-state index is 12.4. The quantitative estimate of drug-likeness (QED) is 0.508. The van der Waals surface area contributed by atoms with Gasteiger partial charge in [0.15, 0.2) is 5.76 Å². The fourth-order valence-electron chi connectivity index (χ4n) is 3.13. The summed E-state index contributed by atoms with van der Waals surface area (Å²) >= 11 is 0. The summed E-state index contributed by atoms with van der Waals surface area (Å²) < 4.78 is 5.58. The Balaban J connectivity index is 1.32. The Morgan fingerprint density at radius 1 is 0.967 bits per heavy atom. The molecule has 0 saturated carbocycles. The van der Waals surface area contributed by atoms with Gasteiger partial charge in [-0.1, -0.05) is 36.4 Å². The number of nitrogens with one attached hydrogen (secondary N) is 2. The van der Waals surface area contributed by atoms with Crippen LogP contribution in [0.1, 0.15) is 27.5 Å². The van der Waals surface area contributed by atoms with Crippen molar-refractivity contribution in [2.45, 2.75) is 19.9 Å². The predicted molar refractivity (Wildman–Crippen MR) is 115 cm³/mol. The van der Waals surface area contributed by atoms with Crippen molar-refractivity contribution in [1.82, 2.24) is 10.3 Å². The highest BCUT2D eigenvalue weighted by atomic mass is 16.3. The average molecular weight is 399 g/mol. The van der Waals surface area contributed by atoms with Crippen LogP contribution >= 0.6 is 0 Å². The van der Waals surface area contributed by atoms with Gasteiger partial charge in [-0.05, 0) is 48.9 Å². The highest BCUT2D eigenvalue weighted by Crippen LogP contribution is 2.20. The molecule has 2 aromatic carbocycles. The predicted octanol–water partition coefficient (Wildman–Crippen LogP) is 4.25. The maximum atomic E-state index is 12.4. The number of nitrogens with zero attached hydrogens (tertiary/aromatic N) is 1. The summed E-state index contributed by atoms with van der Waals surface area (Å²) in [6.07, 6.45) is 0.254. The van der Waals surface area contributed by atoms with Crippen molar-refractivity contribution in [3.63, 3.8) is 0 Å². The standard InChI is InChI=1S/C24H21N3O3/c1-16-5-4-7-20(26-16)15-25-23(28)13-17-9-11-19(12-10-17)27-24(29)22-14-18-6-2-3-8-21(18)30-22/h2-12,14H,13,15H2,1H3,(H,25,28)(H,27,29). The fraction of sp³-hybridized carbons (Fsp3) is 0.125. The van der Waals surface area contributed by atoms with E-state index >= 15 is 0 Å². The topological polar surface area (TPSA) is 84.2 Å². The second-order valence-corrected chi connectivity index (χ2v) is 7.02. The molecule has 0 unspecified atom stereocenters. The summed E-state index contributed by atoms with van der Waals surface area (Å²) in [6, 6.07) is 22.1. The van der Waals surface area contributed by atoms with Gasteiger partial charge >= 0.3 is 0 Å². The van der Waals surface area contributed by atoms with Crippen LogP contribution in [0.5, 0.6) is 0 Å². The van der Waals surface area contributed by atoms with Gasteiger partial charge in [0.25, 0.3) is 5.91 Å². The number of pyridine rings is 1. The van der Waals surface area contributed by atoms with E-state index in [4.69, 9.17) is 4.42 Å². The molecule has 2 aromatic heterocycles. The summed E-state index contributed by atoms with van der Waals surface area (Å²) in [6.45, 7) is 2.31. The summed E-state index contributed by atoms with van der Waals surface area (Å²) in [5, 5.41) is 6.56. The molecule has 6 nitrogen and oxygen atoms in total. The van der Waals surface area contributed by atoms with E-state index in [1.54, 1.807) is 18.2 Å². The van der Waals surface area contributed by atoms with Crippen molar-refractivity contribution < 1.29 is 14.0 Å². The van der Waals surface area contributed by atoms with Crippen LogP contribution in [0, 0.1) is 6.92 Å². The van der Waals surface area contributed by atoms with Crippen molar-refractivity contribution in [1.29, 1.82) is 0 Å². The normalized spacial score (nSPS) is 10.7. The Morgan fingerprint density at radius 2 is 1.77 bits per heavy atom. The Bertz CT molecular complexity index is 1160. The third-order valence-electron chi connectivity index (χ3n) is 4.64. The minimum absolute atomic E-state index is 0.0858. The van der Waals surface area contributed by atoms with E-state index in [1.165, 1.54) is 0 Å². The minimum Gasteiger partial charge on any atom is -0.451 e. The number of aromatic nitrogens is 1. The molecule has 0 radical (unpaired) electrons. The fourth-order valence-corrected chi connectivity index (χ4v) is 3.13. The van der Waals surface area contributed by atoms with Gasteiger partial charge in [0.1, 0.15) is 5.58 Å². The van der Waals surface area contributed by atoms with Crippen molar-refractivity contribution in [2.24, 2.45) is 0 Å². The highest BCUT2D eigenvalue weighted by Gasteiger charge is 2.12. The molecular formula is C24H21N3O3. The van der Waals surface area contributed by atoms with Crippen LogP contribution in [0.25, 0.3) is 11.0 Å². The minimum atomic E-state index is -0.317. The summed E-state index contributed by atoms with van der Waals surface area (Å²) in [4.78, 5) is 29.0. The molecule has 0 saturated heterocycles. The molecule has 0 aliphatic heterocycles. The molecule has 4 rings (SSSR count). The average Bonchev–Trinajstić information content (AvgIpc) is 3.18. The third kappa shape index (κ3) is 4.72. The molecule has 30 heavy (non-hydrogen) atoms. The van der Waals surface area contributed by atoms with Crippen LogP contribution in [0.4, 0.5) is 5.69 Å². The number of para-hydroxylation sites is 1. The third-order valence-corrected chi connectivity index (χ3v) is 4.64. The summed E-state index contributed by atoms with van der Waals surface area (Å²) in [5.74, 6) is -0.149. The van der Waals surface area contributed by atoms with E-state index < -0.39 is 0 Å². The van der Waals surface area contributed by atoms with Crippen LogP contribution in [-0.2, 0) is 17.8 Å². The number of aryl methyl sites for hydroxylation is 1. The molecule has 150 valence electrons. The molecule has 0 aliphatic rings. The molecule has 2 amide bonds. The first-order chi connectivity index (χ1) is 14.6. The highest BCUT2D eigenvalue weighted by molar-refractivity contribution is 6.04. The van der Waals surface area contributed by atoms with Gasteiger partial charge in [0.2, 0.25) is 5.91 Å². The van der Waals surface area contributed by atoms with E-state index in [0.717, 1.165) is 22.3 Å². The molecular weight excluding hydrogens is 378 g/mol. The lowest BCUT2D eigenvalue weighted by atomic mass is 10.1. The number of anilines is 1. The summed E-state index contributed by atoms with van der Waals surface area (Å²) in [7, 11) is 0. The zero-order valence-electron chi connectivity index (χ0n) is 16.5. The van der Waals surface area contributed by atoms with Crippen LogP contribution in [0.2, 0.25) is 0 Å². The first-order valence-electron chi connectivity index (χ1n) is 9.65. The molecule has 0 spiro atoms. The van der Waals surface area contributed by atoms with Gasteiger partial charge in [0.05, 0.1) is 18.7 Å². The van der Waals surface area contributed by atoms with E-state index in [9.17, 15) is 9.59 Å². The van der Waals surface area contributed by atoms with Gasteiger partial charge in [0, 0.05) is 16.8 Å². The van der Waals surface area contributed by atoms with Crippen LogP contribution in [0.15, 0.2) is 77.2 Å². The molecule has 4 aromatic rings. The number of hydrogen-bond donors (Lipinski definition) is 2. The van der Waals surface area contributed by atoms with Crippen molar-refractivity contribution in [3.05, 3.63) is 95.5 Å². The first-order valence-corrected chi connectivity index (χ1v) is 9.65. The Labute approximate surface area is 173 Å². The Kier molecular flexibility index (Phi) is 5.57. The van der Waals surface area contributed by atoms with Crippen molar-refractivity contribution in [2.75, 3.05) is 5.32 Å². The van der Waals surface area contributed by atoms with Gasteiger partial charge in [-0.25, -0.2) is 0 Å². The molecule has 0 bridgehead atoms. The number of carbonyl (C=O) groups is 2. The van der Waals surface area contributed by atoms with E-state index in [1.807, 2.05) is 61.5 Å². The largest absolute Gasteiger partial charge is 0.451 e. The van der Waals surface area contributed by atoms with Gasteiger partial charge in [-0.3, -0.25) is 14.6 Å². The lowest BCUT2D eigenvalue weighted by molar-refractivity contribution is -0.120. The lowest BCUT2D eigenvalue weighted by Gasteiger charge is -2.07. The number of carbonyl (C=O) groups excluding carboxylic acids is 2. The molecule has 0 fully saturated rings. The number of fused-ring (bicyclic) bond motifs is 1. The SMILES string of the molecule is Cc1cccc(CNC(=O)Cc2ccc(NC(=O)c3cc4ccccc4o3)cc2)n1. The number of hydrogen-bond acceptors (Lipinski definition) is 4. The lowest BCUT2D eigenvalue weighted by Crippen LogP contribution is -2.25. The van der Waals surface area contributed by atoms with Crippen molar-refractivity contribution in [3.8, 4) is 0 Å². The molecule has 2 heterocycles. The van der Waals surface area contributed by atoms with Crippen LogP contribution < -0.4 is 10.6 Å².